The minimum Gasteiger partial charge on any atom is -0.496 e. The molecule has 0 atom stereocenters. The van der Waals surface area contributed by atoms with E-state index in [9.17, 15) is 4.79 Å². The highest BCUT2D eigenvalue weighted by atomic mass is 16.5. The Labute approximate surface area is 111 Å². The number of amides is 1. The number of para-hydroxylation sites is 1. The largest absolute Gasteiger partial charge is 0.496 e. The molecule has 0 saturated carbocycles. The van der Waals surface area contributed by atoms with Gasteiger partial charge in [0.25, 0.3) is 5.91 Å². The molecule has 0 fully saturated rings. The molecule has 0 unspecified atom stereocenters. The predicted octanol–water partition coefficient (Wildman–Crippen LogP) is 2.46. The van der Waals surface area contributed by atoms with E-state index in [-0.39, 0.29) is 5.91 Å². The van der Waals surface area contributed by atoms with Gasteiger partial charge in [0.05, 0.1) is 13.3 Å². The zero-order chi connectivity index (χ0) is 13.5. The van der Waals surface area contributed by atoms with Gasteiger partial charge >= 0.3 is 0 Å². The fourth-order valence-electron chi connectivity index (χ4n) is 1.59. The maximum Gasteiger partial charge on any atom is 0.271 e. The summed E-state index contributed by atoms with van der Waals surface area (Å²) < 4.78 is 5.18. The van der Waals surface area contributed by atoms with Crippen molar-refractivity contribution in [3.8, 4) is 5.75 Å². The normalized spacial score (nSPS) is 10.4. The van der Waals surface area contributed by atoms with Crippen LogP contribution in [-0.4, -0.2) is 19.2 Å². The number of hydrogen-bond donors (Lipinski definition) is 1. The molecule has 2 aromatic rings. The molecule has 0 heterocycles. The molecule has 0 aliphatic carbocycles. The second-order valence-electron chi connectivity index (χ2n) is 3.81. The number of nitrogens with zero attached hydrogens (tertiary/aromatic N) is 1. The van der Waals surface area contributed by atoms with Crippen molar-refractivity contribution in [1.29, 1.82) is 0 Å². The maximum absolute atomic E-state index is 11.7. The number of ether oxygens (including phenoxy) is 1. The molecule has 96 valence electrons. The van der Waals surface area contributed by atoms with Gasteiger partial charge in [0, 0.05) is 11.1 Å². The topological polar surface area (TPSA) is 50.7 Å². The Balaban J connectivity index is 2.02. The van der Waals surface area contributed by atoms with Gasteiger partial charge in [0.2, 0.25) is 0 Å². The van der Waals surface area contributed by atoms with Crippen LogP contribution in [0, 0.1) is 0 Å². The number of nitrogens with one attached hydrogen (secondary N) is 1. The van der Waals surface area contributed by atoms with Gasteiger partial charge in [0.15, 0.2) is 0 Å². The second-order valence-corrected chi connectivity index (χ2v) is 3.81. The predicted molar refractivity (Wildman–Crippen MR) is 74.5 cm³/mol. The van der Waals surface area contributed by atoms with E-state index in [1.807, 2.05) is 30.3 Å². The first-order valence-electron chi connectivity index (χ1n) is 5.83. The Morgan fingerprint density at radius 1 is 1.11 bits per heavy atom. The van der Waals surface area contributed by atoms with Crippen LogP contribution in [0.5, 0.6) is 5.75 Å². The van der Waals surface area contributed by atoms with Crippen molar-refractivity contribution in [3.05, 3.63) is 65.7 Å². The Hall–Kier alpha value is -2.62. The van der Waals surface area contributed by atoms with Gasteiger partial charge in [-0.25, -0.2) is 5.43 Å². The Morgan fingerprint density at radius 2 is 1.79 bits per heavy atom. The van der Waals surface area contributed by atoms with Gasteiger partial charge in [0.1, 0.15) is 5.75 Å². The summed E-state index contributed by atoms with van der Waals surface area (Å²) in [5.41, 5.74) is 3.85. The molecule has 0 aromatic heterocycles. The fraction of sp³-hybridized carbons (Fsp3) is 0.0667. The van der Waals surface area contributed by atoms with E-state index in [0.29, 0.717) is 11.3 Å². The number of hydrogen-bond acceptors (Lipinski definition) is 3. The van der Waals surface area contributed by atoms with Crippen LogP contribution in [-0.2, 0) is 0 Å². The van der Waals surface area contributed by atoms with Gasteiger partial charge < -0.3 is 4.74 Å². The van der Waals surface area contributed by atoms with E-state index >= 15 is 0 Å². The highest BCUT2D eigenvalue weighted by molar-refractivity contribution is 5.95. The molecule has 0 aliphatic rings. The van der Waals surface area contributed by atoms with Crippen LogP contribution in [0.15, 0.2) is 59.7 Å². The molecule has 1 N–H and O–H groups in total. The molecule has 0 radical (unpaired) electrons. The van der Waals surface area contributed by atoms with Crippen molar-refractivity contribution in [3.63, 3.8) is 0 Å². The molecule has 4 heteroatoms. The highest BCUT2D eigenvalue weighted by Crippen LogP contribution is 2.14. The number of carbonyl (C=O) groups is 1. The highest BCUT2D eigenvalue weighted by Gasteiger charge is 2.02. The van der Waals surface area contributed by atoms with Crippen molar-refractivity contribution in [2.75, 3.05) is 7.11 Å². The first-order valence-corrected chi connectivity index (χ1v) is 5.83. The van der Waals surface area contributed by atoms with Crippen LogP contribution in [0.4, 0.5) is 0 Å². The van der Waals surface area contributed by atoms with Crippen LogP contribution >= 0.6 is 0 Å². The molecule has 1 amide bonds. The monoisotopic (exact) mass is 254 g/mol. The summed E-state index contributed by atoms with van der Waals surface area (Å²) in [6.45, 7) is 0. The molecular weight excluding hydrogens is 240 g/mol. The number of hydrazone groups is 1. The standard InChI is InChI=1S/C15H14N2O2/c1-19-14-10-6-5-9-13(14)11-16-17-15(18)12-7-3-2-4-8-12/h2-11H,1H3,(H,17,18)/b16-11+. The zero-order valence-corrected chi connectivity index (χ0v) is 10.5. The fourth-order valence-corrected chi connectivity index (χ4v) is 1.59. The van der Waals surface area contributed by atoms with Gasteiger partial charge in [-0.1, -0.05) is 30.3 Å². The molecule has 4 nitrogen and oxygen atoms in total. The Bertz CT molecular complexity index is 580. The number of carbonyl (C=O) groups excluding carboxylic acids is 1. The molecule has 19 heavy (non-hydrogen) atoms. The van der Waals surface area contributed by atoms with Crippen LogP contribution in [0.1, 0.15) is 15.9 Å². The van der Waals surface area contributed by atoms with E-state index in [2.05, 4.69) is 10.5 Å². The average Bonchev–Trinajstić information content (AvgIpc) is 2.48. The summed E-state index contributed by atoms with van der Waals surface area (Å²) in [7, 11) is 1.59. The third kappa shape index (κ3) is 3.42. The number of rotatable bonds is 4. The van der Waals surface area contributed by atoms with E-state index in [1.54, 1.807) is 37.6 Å². The lowest BCUT2D eigenvalue weighted by Gasteiger charge is -2.03. The maximum atomic E-state index is 11.7. The summed E-state index contributed by atoms with van der Waals surface area (Å²) in [5, 5.41) is 3.92. The van der Waals surface area contributed by atoms with Gasteiger partial charge in [-0.15, -0.1) is 0 Å². The lowest BCUT2D eigenvalue weighted by molar-refractivity contribution is 0.0955. The molecular formula is C15H14N2O2. The van der Waals surface area contributed by atoms with Crippen molar-refractivity contribution in [1.82, 2.24) is 5.43 Å². The lowest BCUT2D eigenvalue weighted by Crippen LogP contribution is -2.17. The lowest BCUT2D eigenvalue weighted by atomic mass is 10.2. The van der Waals surface area contributed by atoms with Crippen LogP contribution in [0.3, 0.4) is 0 Å². The van der Waals surface area contributed by atoms with Crippen molar-refractivity contribution in [2.24, 2.45) is 5.10 Å². The molecule has 0 aliphatic heterocycles. The quantitative estimate of drug-likeness (QED) is 0.673. The Kier molecular flexibility index (Phi) is 4.29. The van der Waals surface area contributed by atoms with Gasteiger partial charge in [-0.05, 0) is 24.3 Å². The number of benzene rings is 2. The van der Waals surface area contributed by atoms with E-state index in [0.717, 1.165) is 5.56 Å². The molecule has 2 rings (SSSR count). The molecule has 0 saturated heterocycles. The molecule has 0 spiro atoms. The van der Waals surface area contributed by atoms with E-state index < -0.39 is 0 Å². The molecule has 2 aromatic carbocycles. The first kappa shape index (κ1) is 12.8. The van der Waals surface area contributed by atoms with E-state index in [1.165, 1.54) is 0 Å². The van der Waals surface area contributed by atoms with Crippen LogP contribution in [0.2, 0.25) is 0 Å². The van der Waals surface area contributed by atoms with Crippen molar-refractivity contribution in [2.45, 2.75) is 0 Å². The summed E-state index contributed by atoms with van der Waals surface area (Å²) in [6, 6.07) is 16.4. The minimum atomic E-state index is -0.244. The minimum absolute atomic E-state index is 0.244. The van der Waals surface area contributed by atoms with Crippen molar-refractivity contribution >= 4 is 12.1 Å². The van der Waals surface area contributed by atoms with Crippen LogP contribution in [0.25, 0.3) is 0 Å². The summed E-state index contributed by atoms with van der Waals surface area (Å²) in [5.74, 6) is 0.465. The summed E-state index contributed by atoms with van der Waals surface area (Å²) in [6.07, 6.45) is 1.56. The second kappa shape index (κ2) is 6.35. The zero-order valence-electron chi connectivity index (χ0n) is 10.5. The van der Waals surface area contributed by atoms with Gasteiger partial charge in [-0.3, -0.25) is 4.79 Å². The first-order chi connectivity index (χ1) is 9.31. The SMILES string of the molecule is COc1ccccc1/C=N/NC(=O)c1ccccc1. The third-order valence-corrected chi connectivity index (χ3v) is 2.54. The van der Waals surface area contributed by atoms with Crippen LogP contribution < -0.4 is 10.2 Å². The van der Waals surface area contributed by atoms with Crippen molar-refractivity contribution < 1.29 is 9.53 Å². The smallest absolute Gasteiger partial charge is 0.271 e. The summed E-state index contributed by atoms with van der Waals surface area (Å²) >= 11 is 0. The van der Waals surface area contributed by atoms with E-state index in [4.69, 9.17) is 4.74 Å². The van der Waals surface area contributed by atoms with Gasteiger partial charge in [-0.2, -0.15) is 5.10 Å². The Morgan fingerprint density at radius 3 is 2.53 bits per heavy atom. The number of methoxy groups -OCH3 is 1. The average molecular weight is 254 g/mol. The molecule has 0 bridgehead atoms. The summed E-state index contributed by atoms with van der Waals surface area (Å²) in [4.78, 5) is 11.7. The third-order valence-electron chi connectivity index (χ3n) is 2.54.